The number of nitrogens with one attached hydrogen (secondary N) is 2. The van der Waals surface area contributed by atoms with Crippen molar-refractivity contribution in [3.05, 3.63) is 65.2 Å². The van der Waals surface area contributed by atoms with E-state index >= 15 is 0 Å². The molecule has 3 rings (SSSR count). The number of hydrogen-bond donors (Lipinski definition) is 2. The quantitative estimate of drug-likeness (QED) is 0.689. The Balaban J connectivity index is 1.74. The lowest BCUT2D eigenvalue weighted by molar-refractivity contribution is 0.0862. The van der Waals surface area contributed by atoms with Gasteiger partial charge < -0.3 is 5.32 Å². The molecule has 0 radical (unpaired) electrons. The Morgan fingerprint density at radius 2 is 1.81 bits per heavy atom. The summed E-state index contributed by atoms with van der Waals surface area (Å²) < 4.78 is 27.1. The van der Waals surface area contributed by atoms with Gasteiger partial charge in [-0.3, -0.25) is 9.69 Å². The summed E-state index contributed by atoms with van der Waals surface area (Å²) in [7, 11) is -3.61. The molecule has 1 atom stereocenters. The minimum absolute atomic E-state index is 0.0840. The zero-order valence-corrected chi connectivity index (χ0v) is 19.6. The molecule has 31 heavy (non-hydrogen) atoms. The predicted octanol–water partition coefficient (Wildman–Crippen LogP) is 3.19. The van der Waals surface area contributed by atoms with E-state index < -0.39 is 10.0 Å². The molecule has 0 bridgehead atoms. The smallest absolute Gasteiger partial charge is 0.251 e. The molecule has 0 aliphatic carbocycles. The maximum atomic E-state index is 13.0. The Labute approximate surface area is 186 Å². The number of rotatable bonds is 7. The fourth-order valence-corrected chi connectivity index (χ4v) is 4.91. The van der Waals surface area contributed by atoms with E-state index in [0.29, 0.717) is 12.1 Å². The SMILES string of the molecule is CCNS(=O)(=O)c1cccc(C(=O)NC(CN2CCc3ccccc3C2)C(C)(C)C)c1. The molecule has 1 unspecified atom stereocenters. The molecule has 0 saturated carbocycles. The van der Waals surface area contributed by atoms with Crippen LogP contribution in [0.1, 0.15) is 49.2 Å². The Hall–Kier alpha value is -2.22. The van der Waals surface area contributed by atoms with Gasteiger partial charge in [0.05, 0.1) is 4.90 Å². The monoisotopic (exact) mass is 443 g/mol. The van der Waals surface area contributed by atoms with E-state index in [2.05, 4.69) is 60.0 Å². The third-order valence-corrected chi connectivity index (χ3v) is 7.29. The average Bonchev–Trinajstić information content (AvgIpc) is 2.72. The summed E-state index contributed by atoms with van der Waals surface area (Å²) in [4.78, 5) is 15.5. The van der Waals surface area contributed by atoms with E-state index in [9.17, 15) is 13.2 Å². The highest BCUT2D eigenvalue weighted by Crippen LogP contribution is 2.24. The lowest BCUT2D eigenvalue weighted by Crippen LogP contribution is -2.51. The number of carbonyl (C=O) groups excluding carboxylic acids is 1. The van der Waals surface area contributed by atoms with Crippen molar-refractivity contribution in [2.45, 2.75) is 51.6 Å². The highest BCUT2D eigenvalue weighted by molar-refractivity contribution is 7.89. The first-order valence-corrected chi connectivity index (χ1v) is 12.3. The predicted molar refractivity (Wildman–Crippen MR) is 123 cm³/mol. The summed E-state index contributed by atoms with van der Waals surface area (Å²) in [5, 5.41) is 3.16. The van der Waals surface area contributed by atoms with Gasteiger partial charge in [-0.2, -0.15) is 0 Å². The van der Waals surface area contributed by atoms with Crippen molar-refractivity contribution in [3.63, 3.8) is 0 Å². The Morgan fingerprint density at radius 1 is 1.10 bits per heavy atom. The third kappa shape index (κ3) is 5.93. The van der Waals surface area contributed by atoms with Crippen LogP contribution in [0.25, 0.3) is 0 Å². The van der Waals surface area contributed by atoms with Crippen molar-refractivity contribution in [3.8, 4) is 0 Å². The molecular formula is C24H33N3O3S. The van der Waals surface area contributed by atoms with Gasteiger partial charge in [-0.05, 0) is 41.2 Å². The summed E-state index contributed by atoms with van der Waals surface area (Å²) in [6.45, 7) is 10.9. The van der Waals surface area contributed by atoms with Gasteiger partial charge in [-0.15, -0.1) is 0 Å². The summed E-state index contributed by atoms with van der Waals surface area (Å²) in [5.41, 5.74) is 2.93. The number of hydrogen-bond acceptors (Lipinski definition) is 4. The van der Waals surface area contributed by atoms with Crippen molar-refractivity contribution >= 4 is 15.9 Å². The van der Waals surface area contributed by atoms with Crippen molar-refractivity contribution < 1.29 is 13.2 Å². The normalized spacial score (nSPS) is 15.9. The van der Waals surface area contributed by atoms with Crippen LogP contribution < -0.4 is 10.0 Å². The number of fused-ring (bicyclic) bond motifs is 1. The van der Waals surface area contributed by atoms with Crippen molar-refractivity contribution in [2.24, 2.45) is 5.41 Å². The summed E-state index contributed by atoms with van der Waals surface area (Å²) in [6, 6.07) is 14.6. The van der Waals surface area contributed by atoms with E-state index in [1.54, 1.807) is 19.1 Å². The molecule has 1 amide bonds. The lowest BCUT2D eigenvalue weighted by atomic mass is 9.85. The highest BCUT2D eigenvalue weighted by Gasteiger charge is 2.30. The standard InChI is InChI=1S/C24H33N3O3S/c1-5-25-31(29,30)21-12-8-11-19(15-21)23(28)26-22(24(2,3)4)17-27-14-13-18-9-6-7-10-20(18)16-27/h6-12,15,22,25H,5,13-14,16-17H2,1-4H3,(H,26,28). The molecule has 7 heteroatoms. The zero-order chi connectivity index (χ0) is 22.6. The molecule has 0 aromatic heterocycles. The van der Waals surface area contributed by atoms with Gasteiger partial charge in [0.15, 0.2) is 0 Å². The first-order valence-electron chi connectivity index (χ1n) is 10.8. The largest absolute Gasteiger partial charge is 0.347 e. The molecule has 168 valence electrons. The number of nitrogens with zero attached hydrogens (tertiary/aromatic N) is 1. The van der Waals surface area contributed by atoms with Crippen LogP contribution in [0.5, 0.6) is 0 Å². The van der Waals surface area contributed by atoms with Crippen LogP contribution in [-0.2, 0) is 23.0 Å². The minimum atomic E-state index is -3.61. The molecule has 1 heterocycles. The van der Waals surface area contributed by atoms with Crippen molar-refractivity contribution in [1.29, 1.82) is 0 Å². The van der Waals surface area contributed by atoms with E-state index in [1.165, 1.54) is 23.3 Å². The second-order valence-corrected chi connectivity index (χ2v) is 10.9. The molecular weight excluding hydrogens is 410 g/mol. The van der Waals surface area contributed by atoms with Crippen LogP contribution in [0.3, 0.4) is 0 Å². The van der Waals surface area contributed by atoms with Crippen LogP contribution in [0.15, 0.2) is 53.4 Å². The third-order valence-electron chi connectivity index (χ3n) is 5.74. The maximum Gasteiger partial charge on any atom is 0.251 e. The molecule has 0 spiro atoms. The fraction of sp³-hybridized carbons (Fsp3) is 0.458. The van der Waals surface area contributed by atoms with Crippen molar-refractivity contribution in [2.75, 3.05) is 19.6 Å². The summed E-state index contributed by atoms with van der Waals surface area (Å²) in [5.74, 6) is -0.258. The average molecular weight is 444 g/mol. The maximum absolute atomic E-state index is 13.0. The topological polar surface area (TPSA) is 78.5 Å². The second kappa shape index (κ2) is 9.51. The number of amides is 1. The van der Waals surface area contributed by atoms with Crippen LogP contribution >= 0.6 is 0 Å². The number of sulfonamides is 1. The van der Waals surface area contributed by atoms with Crippen LogP contribution in [-0.4, -0.2) is 44.9 Å². The highest BCUT2D eigenvalue weighted by atomic mass is 32.2. The molecule has 0 saturated heterocycles. The fourth-order valence-electron chi connectivity index (χ4n) is 3.82. The molecule has 1 aliphatic heterocycles. The van der Waals surface area contributed by atoms with E-state index in [1.807, 2.05) is 0 Å². The molecule has 2 N–H and O–H groups in total. The van der Waals surface area contributed by atoms with Crippen LogP contribution in [0.2, 0.25) is 0 Å². The van der Waals surface area contributed by atoms with Crippen molar-refractivity contribution in [1.82, 2.24) is 14.9 Å². The van der Waals surface area contributed by atoms with Gasteiger partial charge in [0.1, 0.15) is 0 Å². The molecule has 6 nitrogen and oxygen atoms in total. The summed E-state index contributed by atoms with van der Waals surface area (Å²) >= 11 is 0. The zero-order valence-electron chi connectivity index (χ0n) is 18.8. The van der Waals surface area contributed by atoms with Gasteiger partial charge in [-0.1, -0.05) is 58.0 Å². The molecule has 1 aliphatic rings. The number of carbonyl (C=O) groups is 1. The molecule has 2 aromatic rings. The van der Waals surface area contributed by atoms with Crippen LogP contribution in [0, 0.1) is 5.41 Å². The first-order chi connectivity index (χ1) is 14.6. The van der Waals surface area contributed by atoms with Gasteiger partial charge in [0.25, 0.3) is 5.91 Å². The summed E-state index contributed by atoms with van der Waals surface area (Å²) in [6.07, 6.45) is 1.01. The lowest BCUT2D eigenvalue weighted by Gasteiger charge is -2.38. The van der Waals surface area contributed by atoms with Gasteiger partial charge in [0, 0.05) is 37.8 Å². The second-order valence-electron chi connectivity index (χ2n) is 9.18. The Bertz CT molecular complexity index is 1030. The number of benzene rings is 2. The van der Waals surface area contributed by atoms with E-state index in [4.69, 9.17) is 0 Å². The van der Waals surface area contributed by atoms with Gasteiger partial charge >= 0.3 is 0 Å². The molecule has 0 fully saturated rings. The van der Waals surface area contributed by atoms with Crippen LogP contribution in [0.4, 0.5) is 0 Å². The molecule has 2 aromatic carbocycles. The van der Waals surface area contributed by atoms with Gasteiger partial charge in [-0.25, -0.2) is 13.1 Å². The van der Waals surface area contributed by atoms with E-state index in [0.717, 1.165) is 26.1 Å². The Kier molecular flexibility index (Phi) is 7.19. The van der Waals surface area contributed by atoms with Gasteiger partial charge in [0.2, 0.25) is 10.0 Å². The van der Waals surface area contributed by atoms with E-state index in [-0.39, 0.29) is 22.3 Å². The minimum Gasteiger partial charge on any atom is -0.347 e. The Morgan fingerprint density at radius 3 is 2.48 bits per heavy atom. The first kappa shape index (κ1) is 23.4.